The minimum Gasteiger partial charge on any atom is -0.481 e. The van der Waals surface area contributed by atoms with E-state index in [4.69, 9.17) is 14.3 Å². The summed E-state index contributed by atoms with van der Waals surface area (Å²) in [5.41, 5.74) is 1.15. The van der Waals surface area contributed by atoms with Gasteiger partial charge >= 0.3 is 18.0 Å². The lowest BCUT2D eigenvalue weighted by Gasteiger charge is -2.15. The molecule has 11 nitrogen and oxygen atoms in total. The van der Waals surface area contributed by atoms with Crippen LogP contribution in [0, 0.1) is 0 Å². The van der Waals surface area contributed by atoms with Crippen molar-refractivity contribution in [2.45, 2.75) is 6.54 Å². The number of urea groups is 1. The molecule has 1 aromatic carbocycles. The summed E-state index contributed by atoms with van der Waals surface area (Å²) in [6.07, 6.45) is 1.40. The topological polar surface area (TPSA) is 139 Å². The average Bonchev–Trinajstić information content (AvgIpc) is 3.32. The maximum atomic E-state index is 12.8. The van der Waals surface area contributed by atoms with Crippen LogP contribution in [0.3, 0.4) is 0 Å². The second kappa shape index (κ2) is 9.25. The van der Waals surface area contributed by atoms with E-state index in [2.05, 4.69) is 10.1 Å². The lowest BCUT2D eigenvalue weighted by atomic mass is 10.1. The quantitative estimate of drug-likeness (QED) is 0.354. The van der Waals surface area contributed by atoms with Crippen molar-refractivity contribution in [1.29, 1.82) is 0 Å². The van der Waals surface area contributed by atoms with Crippen LogP contribution < -0.4 is 15.0 Å². The molecule has 3 amide bonds. The van der Waals surface area contributed by atoms with Crippen LogP contribution in [0.1, 0.15) is 21.9 Å². The Bertz CT molecular complexity index is 1100. The van der Waals surface area contributed by atoms with Crippen molar-refractivity contribution in [2.24, 2.45) is 0 Å². The molecule has 2 heterocycles. The molecule has 0 saturated carbocycles. The van der Waals surface area contributed by atoms with Gasteiger partial charge in [0.05, 0.1) is 13.7 Å². The first-order valence-corrected chi connectivity index (χ1v) is 9.37. The monoisotopic (exact) mass is 443 g/mol. The lowest BCUT2D eigenvalue weighted by Crippen LogP contribution is -2.30. The smallest absolute Gasteiger partial charge is 0.373 e. The molecular formula is C21H21N3O8. The molecule has 0 unspecified atom stereocenters. The Balaban J connectivity index is 1.84. The second-order valence-corrected chi connectivity index (χ2v) is 6.94. The molecule has 32 heavy (non-hydrogen) atoms. The molecule has 1 aromatic heterocycles. The highest BCUT2D eigenvalue weighted by Crippen LogP contribution is 2.28. The highest BCUT2D eigenvalue weighted by Gasteiger charge is 2.34. The van der Waals surface area contributed by atoms with Gasteiger partial charge in [-0.25, -0.2) is 14.4 Å². The average molecular weight is 443 g/mol. The van der Waals surface area contributed by atoms with Crippen LogP contribution in [0.5, 0.6) is 5.75 Å². The fraction of sp³-hybridized carbons (Fsp3) is 0.238. The van der Waals surface area contributed by atoms with Crippen LogP contribution in [0.15, 0.2) is 40.4 Å². The number of amides is 3. The number of nitrogens with one attached hydrogen (secondary N) is 1. The molecule has 1 aliphatic rings. The normalized spacial score (nSPS) is 14.5. The molecule has 0 atom stereocenters. The predicted molar refractivity (Wildman–Crippen MR) is 111 cm³/mol. The zero-order valence-electron chi connectivity index (χ0n) is 17.6. The first kappa shape index (κ1) is 22.4. The number of carboxylic acids is 1. The van der Waals surface area contributed by atoms with Crippen molar-refractivity contribution in [1.82, 2.24) is 10.2 Å². The molecule has 3 rings (SSSR count). The second-order valence-electron chi connectivity index (χ2n) is 6.94. The molecule has 11 heteroatoms. The third-order valence-electron chi connectivity index (χ3n) is 4.49. The molecule has 2 N–H and O–H groups in total. The summed E-state index contributed by atoms with van der Waals surface area (Å²) < 4.78 is 15.2. The Morgan fingerprint density at radius 3 is 2.62 bits per heavy atom. The van der Waals surface area contributed by atoms with E-state index in [-0.39, 0.29) is 29.5 Å². The first-order chi connectivity index (χ1) is 15.2. The number of ether oxygens (including phenoxy) is 2. The zero-order chi connectivity index (χ0) is 23.4. The number of carboxylic acid groups (broad SMARTS) is 1. The molecule has 0 spiro atoms. The molecule has 168 valence electrons. The van der Waals surface area contributed by atoms with Gasteiger partial charge < -0.3 is 29.2 Å². The minimum atomic E-state index is -1.15. The van der Waals surface area contributed by atoms with Gasteiger partial charge in [-0.05, 0) is 30.3 Å². The minimum absolute atomic E-state index is 0.0208. The van der Waals surface area contributed by atoms with Gasteiger partial charge in [0.15, 0.2) is 6.61 Å². The Labute approximate surface area is 182 Å². The summed E-state index contributed by atoms with van der Waals surface area (Å²) in [5.74, 6) is -2.04. The summed E-state index contributed by atoms with van der Waals surface area (Å²) in [6, 6.07) is 7.22. The number of imide groups is 1. The SMILES string of the molecule is COC(=O)c1ccc(CN2C(=O)NC(=Cc3ccc(N(C)C)cc3OCC(=O)O)C2=O)o1. The molecule has 1 aliphatic heterocycles. The van der Waals surface area contributed by atoms with Gasteiger partial charge in [-0.3, -0.25) is 9.69 Å². The number of hydrogen-bond acceptors (Lipinski definition) is 8. The van der Waals surface area contributed by atoms with E-state index in [0.717, 1.165) is 10.6 Å². The van der Waals surface area contributed by atoms with E-state index in [0.29, 0.717) is 5.56 Å². The van der Waals surface area contributed by atoms with Crippen molar-refractivity contribution < 1.29 is 38.2 Å². The van der Waals surface area contributed by atoms with Gasteiger partial charge in [-0.2, -0.15) is 0 Å². The van der Waals surface area contributed by atoms with Crippen molar-refractivity contribution in [3.8, 4) is 5.75 Å². The number of aliphatic carboxylic acids is 1. The van der Waals surface area contributed by atoms with Gasteiger partial charge in [0.25, 0.3) is 5.91 Å². The first-order valence-electron chi connectivity index (χ1n) is 9.37. The Hall–Kier alpha value is -4.28. The van der Waals surface area contributed by atoms with E-state index in [1.54, 1.807) is 23.1 Å². The van der Waals surface area contributed by atoms with Crippen LogP contribution in [0.2, 0.25) is 0 Å². The Morgan fingerprint density at radius 2 is 1.97 bits per heavy atom. The van der Waals surface area contributed by atoms with Crippen molar-refractivity contribution in [3.05, 3.63) is 53.1 Å². The molecule has 1 fully saturated rings. The summed E-state index contributed by atoms with van der Waals surface area (Å²) >= 11 is 0. The van der Waals surface area contributed by atoms with E-state index in [1.165, 1.54) is 25.3 Å². The number of carbonyl (C=O) groups is 4. The number of carbonyl (C=O) groups excluding carboxylic acids is 3. The standard InChI is InChI=1S/C21H21N3O8/c1-23(2)13-5-4-12(17(9-13)31-11-18(25)26)8-15-19(27)24(21(29)22-15)10-14-6-7-16(32-14)20(28)30-3/h4-9H,10-11H2,1-3H3,(H,22,29)(H,25,26). The fourth-order valence-corrected chi connectivity index (χ4v) is 2.88. The van der Waals surface area contributed by atoms with Gasteiger partial charge in [-0.15, -0.1) is 0 Å². The van der Waals surface area contributed by atoms with Crippen LogP contribution in [0.25, 0.3) is 6.08 Å². The lowest BCUT2D eigenvalue weighted by molar-refractivity contribution is -0.139. The largest absolute Gasteiger partial charge is 0.481 e. The number of furan rings is 1. The zero-order valence-corrected chi connectivity index (χ0v) is 17.6. The molecular weight excluding hydrogens is 422 g/mol. The Kier molecular flexibility index (Phi) is 6.47. The van der Waals surface area contributed by atoms with Crippen LogP contribution >= 0.6 is 0 Å². The van der Waals surface area contributed by atoms with Crippen molar-refractivity contribution in [2.75, 3.05) is 32.7 Å². The summed E-state index contributed by atoms with van der Waals surface area (Å²) in [7, 11) is 4.83. The van der Waals surface area contributed by atoms with Gasteiger partial charge in [-0.1, -0.05) is 0 Å². The maximum absolute atomic E-state index is 12.8. The van der Waals surface area contributed by atoms with Crippen molar-refractivity contribution >= 4 is 35.6 Å². The van der Waals surface area contributed by atoms with Crippen LogP contribution in [0.4, 0.5) is 10.5 Å². The number of anilines is 1. The molecule has 0 radical (unpaired) electrons. The highest BCUT2D eigenvalue weighted by molar-refractivity contribution is 6.14. The summed E-state index contributed by atoms with van der Waals surface area (Å²) in [4.78, 5) is 50.2. The van der Waals surface area contributed by atoms with E-state index < -0.39 is 30.5 Å². The van der Waals surface area contributed by atoms with E-state index in [1.807, 2.05) is 14.1 Å². The fourth-order valence-electron chi connectivity index (χ4n) is 2.88. The summed E-state index contributed by atoms with van der Waals surface area (Å²) in [6.45, 7) is -0.762. The number of benzene rings is 1. The van der Waals surface area contributed by atoms with E-state index in [9.17, 15) is 19.2 Å². The molecule has 1 saturated heterocycles. The Morgan fingerprint density at radius 1 is 1.22 bits per heavy atom. The highest BCUT2D eigenvalue weighted by atomic mass is 16.5. The summed E-state index contributed by atoms with van der Waals surface area (Å²) in [5, 5.41) is 11.4. The number of methoxy groups -OCH3 is 1. The van der Waals surface area contributed by atoms with Crippen molar-refractivity contribution in [3.63, 3.8) is 0 Å². The molecule has 0 aliphatic carbocycles. The number of hydrogen-bond donors (Lipinski definition) is 2. The van der Waals surface area contributed by atoms with Crippen LogP contribution in [-0.4, -0.2) is 61.7 Å². The molecule has 0 bridgehead atoms. The van der Waals surface area contributed by atoms with Gasteiger partial charge in [0, 0.05) is 31.4 Å². The predicted octanol–water partition coefficient (Wildman–Crippen LogP) is 1.69. The number of esters is 1. The molecule has 2 aromatic rings. The number of nitrogens with zero attached hydrogens (tertiary/aromatic N) is 2. The number of rotatable bonds is 8. The van der Waals surface area contributed by atoms with Gasteiger partial charge in [0.2, 0.25) is 5.76 Å². The maximum Gasteiger partial charge on any atom is 0.373 e. The van der Waals surface area contributed by atoms with Crippen LogP contribution in [-0.2, 0) is 20.9 Å². The third kappa shape index (κ3) is 4.89. The van der Waals surface area contributed by atoms with E-state index >= 15 is 0 Å². The third-order valence-corrected chi connectivity index (χ3v) is 4.49. The van der Waals surface area contributed by atoms with Gasteiger partial charge in [0.1, 0.15) is 17.2 Å².